The SMILES string of the molecule is CC(C)(C)NC(=O)CN1CCCN(S(=O)(=O)c2cccc(C(F)(F)F)c2)CC1.Cl. The van der Waals surface area contributed by atoms with E-state index in [-0.39, 0.29) is 48.4 Å². The van der Waals surface area contributed by atoms with Crippen LogP contribution in [-0.2, 0) is 21.0 Å². The number of amides is 1. The van der Waals surface area contributed by atoms with E-state index in [0.717, 1.165) is 12.1 Å². The minimum atomic E-state index is -4.61. The van der Waals surface area contributed by atoms with Crippen LogP contribution in [0.4, 0.5) is 13.2 Å². The van der Waals surface area contributed by atoms with Crippen molar-refractivity contribution < 1.29 is 26.4 Å². The lowest BCUT2D eigenvalue weighted by Crippen LogP contribution is -2.46. The van der Waals surface area contributed by atoms with Gasteiger partial charge in [-0.25, -0.2) is 8.42 Å². The van der Waals surface area contributed by atoms with E-state index in [9.17, 15) is 26.4 Å². The lowest BCUT2D eigenvalue weighted by atomic mass is 10.1. The quantitative estimate of drug-likeness (QED) is 0.754. The Morgan fingerprint density at radius 1 is 1.10 bits per heavy atom. The van der Waals surface area contributed by atoms with Crippen molar-refractivity contribution in [1.29, 1.82) is 0 Å². The Balaban J connectivity index is 0.00000420. The molecule has 0 unspecified atom stereocenters. The number of carbonyl (C=O) groups excluding carboxylic acids is 1. The van der Waals surface area contributed by atoms with Crippen molar-refractivity contribution in [2.75, 3.05) is 32.7 Å². The summed E-state index contributed by atoms with van der Waals surface area (Å²) in [6.45, 7) is 6.93. The number of hydrogen-bond acceptors (Lipinski definition) is 4. The van der Waals surface area contributed by atoms with Gasteiger partial charge in [0.25, 0.3) is 0 Å². The monoisotopic (exact) mass is 457 g/mol. The van der Waals surface area contributed by atoms with Crippen LogP contribution in [-0.4, -0.2) is 61.8 Å². The second kappa shape index (κ2) is 9.63. The van der Waals surface area contributed by atoms with E-state index in [1.165, 1.54) is 10.4 Å². The van der Waals surface area contributed by atoms with Crippen LogP contribution < -0.4 is 5.32 Å². The highest BCUT2D eigenvalue weighted by Crippen LogP contribution is 2.31. The summed E-state index contributed by atoms with van der Waals surface area (Å²) in [5.74, 6) is -0.151. The van der Waals surface area contributed by atoms with Gasteiger partial charge in [0.2, 0.25) is 15.9 Å². The Kier molecular flexibility index (Phi) is 8.53. The largest absolute Gasteiger partial charge is 0.416 e. The van der Waals surface area contributed by atoms with E-state index in [4.69, 9.17) is 0 Å². The van der Waals surface area contributed by atoms with E-state index < -0.39 is 21.8 Å². The molecule has 0 spiro atoms. The highest BCUT2D eigenvalue weighted by molar-refractivity contribution is 7.89. The van der Waals surface area contributed by atoms with Gasteiger partial charge in [0, 0.05) is 25.2 Å². The fourth-order valence-corrected chi connectivity index (χ4v) is 4.50. The van der Waals surface area contributed by atoms with Crippen LogP contribution in [0.5, 0.6) is 0 Å². The molecule has 1 N–H and O–H groups in total. The van der Waals surface area contributed by atoms with Gasteiger partial charge in [-0.3, -0.25) is 9.69 Å². The maximum atomic E-state index is 12.9. The second-order valence-corrected chi connectivity index (χ2v) is 9.80. The van der Waals surface area contributed by atoms with Gasteiger partial charge < -0.3 is 5.32 Å². The van der Waals surface area contributed by atoms with Crippen LogP contribution in [0.3, 0.4) is 0 Å². The molecule has 0 aliphatic carbocycles. The topological polar surface area (TPSA) is 69.7 Å². The van der Waals surface area contributed by atoms with Crippen LogP contribution in [0.2, 0.25) is 0 Å². The smallest absolute Gasteiger partial charge is 0.350 e. The predicted octanol–water partition coefficient (Wildman–Crippen LogP) is 2.74. The molecule has 1 aliphatic heterocycles. The van der Waals surface area contributed by atoms with Crippen molar-refractivity contribution in [3.63, 3.8) is 0 Å². The lowest BCUT2D eigenvalue weighted by molar-refractivity contribution is -0.137. The molecule has 1 fully saturated rings. The summed E-state index contributed by atoms with van der Waals surface area (Å²) in [5.41, 5.74) is -1.36. The molecule has 0 bridgehead atoms. The predicted molar refractivity (Wildman–Crippen MR) is 106 cm³/mol. The summed E-state index contributed by atoms with van der Waals surface area (Å²) in [4.78, 5) is 13.6. The average molecular weight is 458 g/mol. The van der Waals surface area contributed by atoms with Crippen molar-refractivity contribution in [3.05, 3.63) is 29.8 Å². The van der Waals surface area contributed by atoms with Crippen molar-refractivity contribution in [2.24, 2.45) is 0 Å². The van der Waals surface area contributed by atoms with Crippen molar-refractivity contribution in [1.82, 2.24) is 14.5 Å². The summed E-state index contributed by atoms with van der Waals surface area (Å²) in [7, 11) is -4.04. The zero-order chi connectivity index (χ0) is 21.2. The fraction of sp³-hybridized carbons (Fsp3) is 0.611. The number of halogens is 4. The van der Waals surface area contributed by atoms with Crippen molar-refractivity contribution in [3.8, 4) is 0 Å². The summed E-state index contributed by atoms with van der Waals surface area (Å²) < 4.78 is 65.5. The number of nitrogens with one attached hydrogen (secondary N) is 1. The third kappa shape index (κ3) is 7.44. The molecule has 6 nitrogen and oxygen atoms in total. The molecule has 1 aromatic rings. The third-order valence-corrected chi connectivity index (χ3v) is 6.12. The van der Waals surface area contributed by atoms with E-state index in [1.54, 1.807) is 0 Å². The number of hydrogen-bond donors (Lipinski definition) is 1. The first-order chi connectivity index (χ1) is 12.8. The Labute approximate surface area is 175 Å². The number of nitrogens with zero attached hydrogens (tertiary/aromatic N) is 2. The summed E-state index contributed by atoms with van der Waals surface area (Å²) in [6.07, 6.45) is -4.12. The molecular weight excluding hydrogens is 431 g/mol. The Morgan fingerprint density at radius 2 is 1.76 bits per heavy atom. The van der Waals surface area contributed by atoms with Crippen LogP contribution in [0.25, 0.3) is 0 Å². The first kappa shape index (κ1) is 25.7. The highest BCUT2D eigenvalue weighted by Gasteiger charge is 2.33. The minimum absolute atomic E-state index is 0. The van der Waals surface area contributed by atoms with Gasteiger partial charge in [-0.1, -0.05) is 6.07 Å². The molecular formula is C18H27ClF3N3O3S. The van der Waals surface area contributed by atoms with Crippen LogP contribution >= 0.6 is 12.4 Å². The normalized spacial score (nSPS) is 17.3. The van der Waals surface area contributed by atoms with Crippen molar-refractivity contribution in [2.45, 2.75) is 43.8 Å². The van der Waals surface area contributed by atoms with Gasteiger partial charge in [-0.2, -0.15) is 17.5 Å². The zero-order valence-corrected chi connectivity index (χ0v) is 18.3. The van der Waals surface area contributed by atoms with Gasteiger partial charge in [0.15, 0.2) is 0 Å². The van der Waals surface area contributed by atoms with Crippen LogP contribution in [0.15, 0.2) is 29.2 Å². The average Bonchev–Trinajstić information content (AvgIpc) is 2.78. The van der Waals surface area contributed by atoms with Gasteiger partial charge in [-0.05, 0) is 51.9 Å². The first-order valence-electron chi connectivity index (χ1n) is 9.00. The molecule has 0 aromatic heterocycles. The van der Waals surface area contributed by atoms with E-state index in [0.29, 0.717) is 25.6 Å². The van der Waals surface area contributed by atoms with E-state index >= 15 is 0 Å². The number of alkyl halides is 3. The summed E-state index contributed by atoms with van der Waals surface area (Å²) >= 11 is 0. The number of rotatable bonds is 4. The molecule has 2 rings (SSSR count). The van der Waals surface area contributed by atoms with Crippen LogP contribution in [0.1, 0.15) is 32.8 Å². The molecule has 11 heteroatoms. The Bertz CT molecular complexity index is 811. The minimum Gasteiger partial charge on any atom is -0.350 e. The molecule has 1 aromatic carbocycles. The van der Waals surface area contributed by atoms with Crippen molar-refractivity contribution >= 4 is 28.3 Å². The molecule has 0 saturated carbocycles. The fourth-order valence-electron chi connectivity index (χ4n) is 2.99. The lowest BCUT2D eigenvalue weighted by Gasteiger charge is -2.25. The summed E-state index contributed by atoms with van der Waals surface area (Å²) in [5, 5.41) is 2.86. The van der Waals surface area contributed by atoms with Gasteiger partial charge in [0.05, 0.1) is 17.0 Å². The van der Waals surface area contributed by atoms with E-state index in [2.05, 4.69) is 5.32 Å². The number of carbonyl (C=O) groups is 1. The molecule has 1 saturated heterocycles. The van der Waals surface area contributed by atoms with Crippen LogP contribution in [0, 0.1) is 0 Å². The standard InChI is InChI=1S/C18H26F3N3O3S.ClH/c1-17(2,3)22-16(25)13-23-8-5-9-24(11-10-23)28(26,27)15-7-4-6-14(12-15)18(19,20)21;/h4,6-7,12H,5,8-11,13H2,1-3H3,(H,22,25);1H. The molecule has 1 aliphatic rings. The number of benzene rings is 1. The first-order valence-corrected chi connectivity index (χ1v) is 10.4. The molecule has 1 heterocycles. The number of sulfonamides is 1. The highest BCUT2D eigenvalue weighted by atomic mass is 35.5. The molecule has 0 radical (unpaired) electrons. The second-order valence-electron chi connectivity index (χ2n) is 7.86. The Hall–Kier alpha value is -1.36. The molecule has 29 heavy (non-hydrogen) atoms. The molecule has 166 valence electrons. The third-order valence-electron chi connectivity index (χ3n) is 4.23. The van der Waals surface area contributed by atoms with Gasteiger partial charge >= 0.3 is 6.18 Å². The maximum Gasteiger partial charge on any atom is 0.416 e. The summed E-state index contributed by atoms with van der Waals surface area (Å²) in [6, 6.07) is 3.77. The van der Waals surface area contributed by atoms with E-state index in [1.807, 2.05) is 25.7 Å². The van der Waals surface area contributed by atoms with Gasteiger partial charge in [-0.15, -0.1) is 12.4 Å². The molecule has 1 amide bonds. The Morgan fingerprint density at radius 3 is 2.34 bits per heavy atom. The van der Waals surface area contributed by atoms with Gasteiger partial charge in [0.1, 0.15) is 0 Å². The zero-order valence-electron chi connectivity index (χ0n) is 16.6. The molecule has 0 atom stereocenters. The maximum absolute atomic E-state index is 12.9.